The van der Waals surface area contributed by atoms with E-state index in [1.54, 1.807) is 7.11 Å². The molecule has 1 aliphatic rings. The van der Waals surface area contributed by atoms with Gasteiger partial charge in [0, 0.05) is 39.8 Å². The van der Waals surface area contributed by atoms with E-state index in [1.165, 1.54) is 21.6 Å². The second-order valence-electron chi connectivity index (χ2n) is 7.22. The summed E-state index contributed by atoms with van der Waals surface area (Å²) in [5, 5.41) is 11.9. The smallest absolute Gasteiger partial charge is 0.163 e. The van der Waals surface area contributed by atoms with E-state index in [9.17, 15) is 5.11 Å². The molecule has 28 heavy (non-hydrogen) atoms. The monoisotopic (exact) mass is 394 g/mol. The van der Waals surface area contributed by atoms with Crippen molar-refractivity contribution in [3.8, 4) is 22.8 Å². The Labute approximate surface area is 170 Å². The third kappa shape index (κ3) is 3.23. The number of phenols is 1. The number of fused-ring (bicyclic) bond motifs is 4. The fourth-order valence-electron chi connectivity index (χ4n) is 3.83. The summed E-state index contributed by atoms with van der Waals surface area (Å²) in [5.41, 5.74) is 6.47. The first-order valence-electron chi connectivity index (χ1n) is 9.74. The molecule has 2 heterocycles. The summed E-state index contributed by atoms with van der Waals surface area (Å²) in [5.74, 6) is 1.60. The molecule has 0 spiro atoms. The average Bonchev–Trinajstić information content (AvgIpc) is 2.71. The minimum atomic E-state index is 0.225. The maximum atomic E-state index is 10.8. The van der Waals surface area contributed by atoms with Gasteiger partial charge < -0.3 is 9.84 Å². The van der Waals surface area contributed by atoms with Crippen molar-refractivity contribution in [2.45, 2.75) is 38.0 Å². The van der Waals surface area contributed by atoms with Crippen LogP contribution in [0.1, 0.15) is 30.5 Å². The second kappa shape index (κ2) is 7.64. The zero-order chi connectivity index (χ0) is 19.8. The third-order valence-corrected chi connectivity index (χ3v) is 6.63. The number of ether oxygens (including phenoxy) is 1. The van der Waals surface area contributed by atoms with E-state index in [0.717, 1.165) is 41.0 Å². The van der Waals surface area contributed by atoms with Gasteiger partial charge in [0.2, 0.25) is 0 Å². The third-order valence-electron chi connectivity index (χ3n) is 5.51. The Morgan fingerprint density at radius 2 is 1.96 bits per heavy atom. The fraction of sp³-hybridized carbons (Fsp3) is 0.348. The average molecular weight is 395 g/mol. The van der Waals surface area contributed by atoms with Crippen LogP contribution in [0.4, 0.5) is 0 Å². The van der Waals surface area contributed by atoms with Gasteiger partial charge in [0.05, 0.1) is 18.3 Å². The summed E-state index contributed by atoms with van der Waals surface area (Å²) in [6, 6.07) is 10.6. The van der Waals surface area contributed by atoms with Gasteiger partial charge in [-0.2, -0.15) is 0 Å². The van der Waals surface area contributed by atoms with E-state index in [4.69, 9.17) is 9.72 Å². The summed E-state index contributed by atoms with van der Waals surface area (Å²) in [6.07, 6.45) is 0. The molecule has 0 unspecified atom stereocenters. The summed E-state index contributed by atoms with van der Waals surface area (Å²) in [7, 11) is 1.59. The molecule has 2 aromatic carbocycles. The Hall–Kier alpha value is -2.24. The van der Waals surface area contributed by atoms with Crippen molar-refractivity contribution in [2.24, 2.45) is 0 Å². The molecule has 5 heteroatoms. The van der Waals surface area contributed by atoms with Gasteiger partial charge in [-0.05, 0) is 43.8 Å². The lowest BCUT2D eigenvalue weighted by Crippen LogP contribution is -2.22. The van der Waals surface area contributed by atoms with Crippen LogP contribution in [0, 0.1) is 6.92 Å². The van der Waals surface area contributed by atoms with Crippen molar-refractivity contribution in [3.05, 3.63) is 47.0 Å². The Kier molecular flexibility index (Phi) is 5.21. The number of aromatic nitrogens is 1. The van der Waals surface area contributed by atoms with Gasteiger partial charge >= 0.3 is 0 Å². The van der Waals surface area contributed by atoms with Crippen molar-refractivity contribution in [1.29, 1.82) is 0 Å². The van der Waals surface area contributed by atoms with Gasteiger partial charge in [-0.25, -0.2) is 4.98 Å². The Morgan fingerprint density at radius 3 is 2.68 bits per heavy atom. The number of hydrogen-bond donors (Lipinski definition) is 1. The Balaban J connectivity index is 1.95. The van der Waals surface area contributed by atoms with E-state index >= 15 is 0 Å². The predicted octanol–water partition coefficient (Wildman–Crippen LogP) is 5.37. The number of aryl methyl sites for hydroxylation is 1. The van der Waals surface area contributed by atoms with Gasteiger partial charge in [0.15, 0.2) is 11.5 Å². The SMILES string of the molecule is CCN(CC)Cc1c(O)c(OC)cc2nc3c(cc12)CSc1ccc(C)cc1-3. The molecule has 1 N–H and O–H groups in total. The molecule has 0 bridgehead atoms. The molecule has 1 aliphatic heterocycles. The number of phenolic OH excluding ortho intramolecular Hbond substituents is 1. The largest absolute Gasteiger partial charge is 0.504 e. The van der Waals surface area contributed by atoms with E-state index in [-0.39, 0.29) is 5.75 Å². The van der Waals surface area contributed by atoms with Gasteiger partial charge in [0.25, 0.3) is 0 Å². The summed E-state index contributed by atoms with van der Waals surface area (Å²) in [4.78, 5) is 8.61. The molecule has 3 aromatic rings. The normalized spacial score (nSPS) is 12.9. The van der Waals surface area contributed by atoms with Crippen molar-refractivity contribution >= 4 is 22.7 Å². The van der Waals surface area contributed by atoms with E-state index in [0.29, 0.717) is 12.3 Å². The van der Waals surface area contributed by atoms with Crippen LogP contribution in [0.25, 0.3) is 22.2 Å². The van der Waals surface area contributed by atoms with Gasteiger partial charge in [0.1, 0.15) is 0 Å². The van der Waals surface area contributed by atoms with Crippen LogP contribution in [0.3, 0.4) is 0 Å². The van der Waals surface area contributed by atoms with Crippen molar-refractivity contribution in [1.82, 2.24) is 9.88 Å². The molecular formula is C23H26N2O2S. The number of thioether (sulfide) groups is 1. The Morgan fingerprint density at radius 1 is 1.18 bits per heavy atom. The predicted molar refractivity (Wildman–Crippen MR) is 116 cm³/mol. The van der Waals surface area contributed by atoms with Crippen molar-refractivity contribution < 1.29 is 9.84 Å². The molecule has 0 atom stereocenters. The summed E-state index contributed by atoms with van der Waals surface area (Å²) < 4.78 is 5.46. The van der Waals surface area contributed by atoms with E-state index in [1.807, 2.05) is 17.8 Å². The molecule has 1 aromatic heterocycles. The first-order valence-corrected chi connectivity index (χ1v) is 10.7. The highest BCUT2D eigenvalue weighted by Gasteiger charge is 2.22. The Bertz CT molecular complexity index is 1040. The van der Waals surface area contributed by atoms with E-state index in [2.05, 4.69) is 49.9 Å². The van der Waals surface area contributed by atoms with Crippen molar-refractivity contribution in [3.63, 3.8) is 0 Å². The van der Waals surface area contributed by atoms with Crippen LogP contribution in [-0.4, -0.2) is 35.2 Å². The minimum absolute atomic E-state index is 0.225. The van der Waals surface area contributed by atoms with Crippen LogP contribution in [0.5, 0.6) is 11.5 Å². The first kappa shape index (κ1) is 19.1. The number of hydrogen-bond acceptors (Lipinski definition) is 5. The van der Waals surface area contributed by atoms with Gasteiger partial charge in [-0.3, -0.25) is 4.90 Å². The maximum absolute atomic E-state index is 10.8. The molecule has 4 rings (SSSR count). The number of aromatic hydroxyl groups is 1. The minimum Gasteiger partial charge on any atom is -0.504 e. The lowest BCUT2D eigenvalue weighted by atomic mass is 9.99. The number of nitrogens with zero attached hydrogens (tertiary/aromatic N) is 2. The van der Waals surface area contributed by atoms with Crippen LogP contribution >= 0.6 is 11.8 Å². The molecular weight excluding hydrogens is 368 g/mol. The van der Waals surface area contributed by atoms with Gasteiger partial charge in [-0.15, -0.1) is 11.8 Å². The zero-order valence-electron chi connectivity index (χ0n) is 16.9. The molecule has 146 valence electrons. The summed E-state index contributed by atoms with van der Waals surface area (Å²) in [6.45, 7) is 8.92. The molecule has 0 aliphatic carbocycles. The van der Waals surface area contributed by atoms with Crippen molar-refractivity contribution in [2.75, 3.05) is 20.2 Å². The van der Waals surface area contributed by atoms with Crippen LogP contribution in [-0.2, 0) is 12.3 Å². The highest BCUT2D eigenvalue weighted by atomic mass is 32.2. The first-order chi connectivity index (χ1) is 13.5. The molecule has 0 saturated heterocycles. The lowest BCUT2D eigenvalue weighted by molar-refractivity contribution is 0.289. The number of benzene rings is 2. The molecule has 0 saturated carbocycles. The second-order valence-corrected chi connectivity index (χ2v) is 8.24. The summed E-state index contributed by atoms with van der Waals surface area (Å²) >= 11 is 1.85. The highest BCUT2D eigenvalue weighted by Crippen LogP contribution is 2.44. The highest BCUT2D eigenvalue weighted by molar-refractivity contribution is 7.98. The molecule has 4 nitrogen and oxygen atoms in total. The van der Waals surface area contributed by atoms with Crippen LogP contribution in [0.2, 0.25) is 0 Å². The zero-order valence-corrected chi connectivity index (χ0v) is 17.7. The van der Waals surface area contributed by atoms with Crippen LogP contribution < -0.4 is 4.74 Å². The number of rotatable bonds is 5. The molecule has 0 amide bonds. The topological polar surface area (TPSA) is 45.6 Å². The van der Waals surface area contributed by atoms with E-state index < -0.39 is 0 Å². The number of methoxy groups -OCH3 is 1. The molecule has 0 radical (unpaired) electrons. The van der Waals surface area contributed by atoms with Gasteiger partial charge in [-0.1, -0.05) is 25.5 Å². The fourth-order valence-corrected chi connectivity index (χ4v) is 4.84. The molecule has 0 fully saturated rings. The maximum Gasteiger partial charge on any atom is 0.163 e. The standard InChI is InChI=1S/C23H26N2O2S/c1-5-25(6-2)12-18-16-10-15-13-28-21-8-7-14(3)9-17(21)22(15)24-19(16)11-20(27-4)23(18)26/h7-11,26H,5-6,12-13H2,1-4H3. The van der Waals surface area contributed by atoms with Crippen LogP contribution in [0.15, 0.2) is 35.2 Å². The lowest BCUT2D eigenvalue weighted by Gasteiger charge is -2.23. The quantitative estimate of drug-likeness (QED) is 0.630. The number of pyridine rings is 1.